The van der Waals surface area contributed by atoms with Crippen LogP contribution in [0.5, 0.6) is 0 Å². The molecule has 0 atom stereocenters. The SMILES string of the molecule is Nc1cc(F)ccc1NC=O. The van der Waals surface area contributed by atoms with Crippen LogP contribution in [0.2, 0.25) is 0 Å². The highest BCUT2D eigenvalue weighted by Crippen LogP contribution is 2.17. The van der Waals surface area contributed by atoms with Crippen LogP contribution >= 0.6 is 0 Å². The van der Waals surface area contributed by atoms with Crippen LogP contribution in [0.3, 0.4) is 0 Å². The van der Waals surface area contributed by atoms with E-state index in [9.17, 15) is 9.18 Å². The summed E-state index contributed by atoms with van der Waals surface area (Å²) in [4.78, 5) is 9.95. The summed E-state index contributed by atoms with van der Waals surface area (Å²) >= 11 is 0. The van der Waals surface area contributed by atoms with Gasteiger partial charge in [0.15, 0.2) is 0 Å². The zero-order chi connectivity index (χ0) is 8.27. The van der Waals surface area contributed by atoms with Crippen LogP contribution in [0.15, 0.2) is 18.2 Å². The lowest BCUT2D eigenvalue weighted by atomic mass is 10.2. The molecule has 3 nitrogen and oxygen atoms in total. The summed E-state index contributed by atoms with van der Waals surface area (Å²) in [5.74, 6) is -0.418. The average Bonchev–Trinajstić information content (AvgIpc) is 1.95. The number of carbonyl (C=O) groups is 1. The molecule has 0 fully saturated rings. The minimum atomic E-state index is -0.418. The average molecular weight is 154 g/mol. The largest absolute Gasteiger partial charge is 0.397 e. The van der Waals surface area contributed by atoms with E-state index in [1.807, 2.05) is 0 Å². The zero-order valence-electron chi connectivity index (χ0n) is 5.67. The van der Waals surface area contributed by atoms with Gasteiger partial charge in [0.05, 0.1) is 11.4 Å². The monoisotopic (exact) mass is 154 g/mol. The molecule has 3 N–H and O–H groups in total. The minimum Gasteiger partial charge on any atom is -0.397 e. The third-order valence-corrected chi connectivity index (χ3v) is 1.23. The van der Waals surface area contributed by atoms with Gasteiger partial charge in [-0.1, -0.05) is 0 Å². The summed E-state index contributed by atoms with van der Waals surface area (Å²) in [6.45, 7) is 0. The van der Waals surface area contributed by atoms with E-state index in [0.29, 0.717) is 12.1 Å². The number of rotatable bonds is 2. The molecule has 0 heterocycles. The number of halogens is 1. The number of nitrogen functional groups attached to an aromatic ring is 1. The van der Waals surface area contributed by atoms with Crippen molar-refractivity contribution in [2.24, 2.45) is 0 Å². The Hall–Kier alpha value is -1.58. The molecule has 0 spiro atoms. The standard InChI is InChI=1S/C7H7FN2O/c8-5-1-2-7(10-4-11)6(9)3-5/h1-4H,9H2,(H,10,11). The number of carbonyl (C=O) groups excluding carboxylic acids is 1. The van der Waals surface area contributed by atoms with Crippen molar-refractivity contribution in [2.45, 2.75) is 0 Å². The Morgan fingerprint density at radius 3 is 2.82 bits per heavy atom. The maximum atomic E-state index is 12.4. The maximum Gasteiger partial charge on any atom is 0.211 e. The first-order chi connectivity index (χ1) is 5.24. The number of nitrogens with one attached hydrogen (secondary N) is 1. The zero-order valence-corrected chi connectivity index (χ0v) is 5.67. The predicted octanol–water partition coefficient (Wildman–Crippen LogP) is 0.976. The quantitative estimate of drug-likeness (QED) is 0.492. The minimum absolute atomic E-state index is 0.220. The van der Waals surface area contributed by atoms with Gasteiger partial charge in [-0.05, 0) is 18.2 Å². The molecule has 1 aromatic carbocycles. The van der Waals surface area contributed by atoms with E-state index >= 15 is 0 Å². The Labute approximate surface area is 63.0 Å². The third-order valence-electron chi connectivity index (χ3n) is 1.23. The van der Waals surface area contributed by atoms with Crippen molar-refractivity contribution in [1.82, 2.24) is 0 Å². The first kappa shape index (κ1) is 7.53. The number of anilines is 2. The van der Waals surface area contributed by atoms with Gasteiger partial charge in [-0.3, -0.25) is 4.79 Å². The van der Waals surface area contributed by atoms with Gasteiger partial charge >= 0.3 is 0 Å². The second kappa shape index (κ2) is 3.01. The van der Waals surface area contributed by atoms with Gasteiger partial charge in [-0.2, -0.15) is 0 Å². The lowest BCUT2D eigenvalue weighted by molar-refractivity contribution is -0.105. The van der Waals surface area contributed by atoms with Gasteiger partial charge in [0.1, 0.15) is 5.82 Å². The predicted molar refractivity (Wildman–Crippen MR) is 40.5 cm³/mol. The summed E-state index contributed by atoms with van der Waals surface area (Å²) in [5.41, 5.74) is 5.98. The van der Waals surface area contributed by atoms with Gasteiger partial charge in [0, 0.05) is 0 Å². The van der Waals surface area contributed by atoms with Crippen molar-refractivity contribution < 1.29 is 9.18 Å². The molecule has 11 heavy (non-hydrogen) atoms. The Morgan fingerprint density at radius 2 is 2.27 bits per heavy atom. The number of amides is 1. The van der Waals surface area contributed by atoms with Crippen LogP contribution in [-0.2, 0) is 4.79 Å². The molecule has 0 aromatic heterocycles. The molecule has 1 aromatic rings. The Kier molecular flexibility index (Phi) is 2.06. The molecule has 1 rings (SSSR count). The van der Waals surface area contributed by atoms with Crippen LogP contribution in [0.4, 0.5) is 15.8 Å². The molecule has 0 aliphatic rings. The lowest BCUT2D eigenvalue weighted by Gasteiger charge is -2.01. The van der Waals surface area contributed by atoms with Gasteiger partial charge in [0.2, 0.25) is 6.41 Å². The number of hydrogen-bond acceptors (Lipinski definition) is 2. The third kappa shape index (κ3) is 1.67. The highest BCUT2D eigenvalue weighted by Gasteiger charge is 1.97. The Balaban J connectivity index is 2.98. The molecule has 4 heteroatoms. The van der Waals surface area contributed by atoms with Crippen LogP contribution in [0.25, 0.3) is 0 Å². The van der Waals surface area contributed by atoms with E-state index in [-0.39, 0.29) is 5.69 Å². The van der Waals surface area contributed by atoms with Crippen molar-refractivity contribution in [3.63, 3.8) is 0 Å². The van der Waals surface area contributed by atoms with E-state index in [2.05, 4.69) is 5.32 Å². The number of hydrogen-bond donors (Lipinski definition) is 2. The van der Waals surface area contributed by atoms with Crippen molar-refractivity contribution in [2.75, 3.05) is 11.1 Å². The maximum absolute atomic E-state index is 12.4. The van der Waals surface area contributed by atoms with Gasteiger partial charge in [-0.15, -0.1) is 0 Å². The van der Waals surface area contributed by atoms with Crippen LogP contribution < -0.4 is 11.1 Å². The van der Waals surface area contributed by atoms with Crippen LogP contribution in [0.1, 0.15) is 0 Å². The smallest absolute Gasteiger partial charge is 0.211 e. The van der Waals surface area contributed by atoms with Crippen molar-refractivity contribution >= 4 is 17.8 Å². The normalized spacial score (nSPS) is 9.18. The fraction of sp³-hybridized carbons (Fsp3) is 0. The molecule has 1 amide bonds. The lowest BCUT2D eigenvalue weighted by Crippen LogP contribution is -1.98. The summed E-state index contributed by atoms with van der Waals surface area (Å²) in [5, 5.41) is 2.33. The molecule has 0 unspecified atom stereocenters. The topological polar surface area (TPSA) is 55.1 Å². The van der Waals surface area contributed by atoms with E-state index < -0.39 is 5.82 Å². The Bertz CT molecular complexity index is 275. The van der Waals surface area contributed by atoms with E-state index in [1.165, 1.54) is 12.1 Å². The number of benzene rings is 1. The molecular formula is C7H7FN2O. The highest BCUT2D eigenvalue weighted by atomic mass is 19.1. The van der Waals surface area contributed by atoms with E-state index in [4.69, 9.17) is 5.73 Å². The van der Waals surface area contributed by atoms with Crippen LogP contribution in [0, 0.1) is 5.82 Å². The summed E-state index contributed by atoms with van der Waals surface area (Å²) < 4.78 is 12.4. The van der Waals surface area contributed by atoms with Crippen molar-refractivity contribution in [1.29, 1.82) is 0 Å². The molecular weight excluding hydrogens is 147 g/mol. The molecule has 58 valence electrons. The molecule has 0 bridgehead atoms. The first-order valence-electron chi connectivity index (χ1n) is 2.99. The van der Waals surface area contributed by atoms with Crippen molar-refractivity contribution in [3.05, 3.63) is 24.0 Å². The second-order valence-electron chi connectivity index (χ2n) is 1.99. The highest BCUT2D eigenvalue weighted by molar-refractivity contribution is 5.79. The van der Waals surface area contributed by atoms with Gasteiger partial charge in [-0.25, -0.2) is 4.39 Å². The first-order valence-corrected chi connectivity index (χ1v) is 2.99. The van der Waals surface area contributed by atoms with Gasteiger partial charge < -0.3 is 11.1 Å². The van der Waals surface area contributed by atoms with Crippen molar-refractivity contribution in [3.8, 4) is 0 Å². The molecule has 0 aliphatic heterocycles. The molecule has 0 saturated carbocycles. The summed E-state index contributed by atoms with van der Waals surface area (Å²) in [6, 6.07) is 3.77. The number of nitrogens with two attached hydrogens (primary N) is 1. The Morgan fingerprint density at radius 1 is 1.55 bits per heavy atom. The van der Waals surface area contributed by atoms with E-state index in [1.54, 1.807) is 0 Å². The van der Waals surface area contributed by atoms with Gasteiger partial charge in [0.25, 0.3) is 0 Å². The molecule has 0 radical (unpaired) electrons. The fourth-order valence-corrected chi connectivity index (χ4v) is 0.729. The molecule has 0 aliphatic carbocycles. The molecule has 0 saturated heterocycles. The summed E-state index contributed by atoms with van der Waals surface area (Å²) in [6.07, 6.45) is 0.490. The second-order valence-corrected chi connectivity index (χ2v) is 1.99. The van der Waals surface area contributed by atoms with Crippen LogP contribution in [-0.4, -0.2) is 6.41 Å². The van der Waals surface area contributed by atoms with E-state index in [0.717, 1.165) is 6.07 Å². The fourth-order valence-electron chi connectivity index (χ4n) is 0.729. The summed E-state index contributed by atoms with van der Waals surface area (Å²) in [7, 11) is 0.